The van der Waals surface area contributed by atoms with E-state index in [1.54, 1.807) is 24.3 Å². The number of carbonyl (C=O) groups is 1. The van der Waals surface area contributed by atoms with Crippen LogP contribution in [0.1, 0.15) is 36.0 Å². The normalized spacial score (nSPS) is 23.7. The lowest BCUT2D eigenvalue weighted by Crippen LogP contribution is -2.43. The Kier molecular flexibility index (Phi) is 3.87. The molecular weight excluding hydrogens is 230 g/mol. The summed E-state index contributed by atoms with van der Waals surface area (Å²) in [4.78, 5) is 12.8. The third kappa shape index (κ3) is 2.64. The van der Waals surface area contributed by atoms with E-state index in [-0.39, 0.29) is 17.7 Å². The zero-order chi connectivity index (χ0) is 13.1. The van der Waals surface area contributed by atoms with Crippen molar-refractivity contribution in [1.29, 1.82) is 0 Å². The van der Waals surface area contributed by atoms with Crippen molar-refractivity contribution < 1.29 is 15.0 Å². The molecule has 1 aromatic rings. The van der Waals surface area contributed by atoms with Crippen molar-refractivity contribution >= 4 is 11.7 Å². The lowest BCUT2D eigenvalue weighted by atomic mass is 9.91. The second kappa shape index (κ2) is 5.40. The number of carboxylic acid groups (broad SMARTS) is 1. The van der Waals surface area contributed by atoms with Gasteiger partial charge in [0, 0.05) is 12.7 Å². The third-order valence-corrected chi connectivity index (χ3v) is 3.71. The summed E-state index contributed by atoms with van der Waals surface area (Å²) in [5.41, 5.74) is 1.24. The highest BCUT2D eigenvalue weighted by atomic mass is 16.4. The molecular formula is C14H19NO3. The minimum absolute atomic E-state index is 0.134. The molecule has 0 aromatic heterocycles. The van der Waals surface area contributed by atoms with Crippen molar-refractivity contribution in [3.8, 4) is 0 Å². The SMILES string of the molecule is CN(c1ccc(C(=O)O)cc1)C1CCCCC1O. The molecule has 0 saturated heterocycles. The number of aliphatic hydroxyl groups excluding tert-OH is 1. The number of hydrogen-bond acceptors (Lipinski definition) is 3. The molecule has 1 aliphatic rings. The lowest BCUT2D eigenvalue weighted by molar-refractivity contribution is 0.0696. The fourth-order valence-corrected chi connectivity index (χ4v) is 2.57. The predicted molar refractivity (Wildman–Crippen MR) is 70.1 cm³/mol. The van der Waals surface area contributed by atoms with Gasteiger partial charge in [0.25, 0.3) is 0 Å². The molecule has 1 fully saturated rings. The van der Waals surface area contributed by atoms with Crippen LogP contribution in [0.3, 0.4) is 0 Å². The molecule has 18 heavy (non-hydrogen) atoms. The number of aliphatic hydroxyl groups is 1. The van der Waals surface area contributed by atoms with Crippen LogP contribution in [-0.4, -0.2) is 35.4 Å². The summed E-state index contributed by atoms with van der Waals surface area (Å²) < 4.78 is 0. The van der Waals surface area contributed by atoms with Crippen LogP contribution in [0.4, 0.5) is 5.69 Å². The smallest absolute Gasteiger partial charge is 0.335 e. The predicted octanol–water partition coefficient (Wildman–Crippen LogP) is 2.12. The van der Waals surface area contributed by atoms with Crippen molar-refractivity contribution in [2.45, 2.75) is 37.8 Å². The number of rotatable bonds is 3. The van der Waals surface area contributed by atoms with Gasteiger partial charge in [0.1, 0.15) is 0 Å². The van der Waals surface area contributed by atoms with Crippen molar-refractivity contribution in [3.63, 3.8) is 0 Å². The molecule has 4 nitrogen and oxygen atoms in total. The van der Waals surface area contributed by atoms with Gasteiger partial charge in [0.2, 0.25) is 0 Å². The molecule has 1 aliphatic carbocycles. The summed E-state index contributed by atoms with van der Waals surface area (Å²) in [5, 5.41) is 18.9. The molecule has 0 amide bonds. The fourth-order valence-electron chi connectivity index (χ4n) is 2.57. The van der Waals surface area contributed by atoms with E-state index in [1.165, 1.54) is 0 Å². The molecule has 98 valence electrons. The van der Waals surface area contributed by atoms with Gasteiger partial charge in [-0.2, -0.15) is 0 Å². The number of likely N-dealkylation sites (N-methyl/N-ethyl adjacent to an activating group) is 1. The summed E-state index contributed by atoms with van der Waals surface area (Å²) in [6, 6.07) is 6.93. The topological polar surface area (TPSA) is 60.8 Å². The third-order valence-electron chi connectivity index (χ3n) is 3.71. The molecule has 0 heterocycles. The average Bonchev–Trinajstić information content (AvgIpc) is 2.38. The second-order valence-electron chi connectivity index (χ2n) is 4.88. The van der Waals surface area contributed by atoms with Gasteiger partial charge >= 0.3 is 5.97 Å². The van der Waals surface area contributed by atoms with E-state index in [2.05, 4.69) is 4.90 Å². The quantitative estimate of drug-likeness (QED) is 0.861. The van der Waals surface area contributed by atoms with Crippen molar-refractivity contribution in [2.75, 3.05) is 11.9 Å². The monoisotopic (exact) mass is 249 g/mol. The van der Waals surface area contributed by atoms with E-state index < -0.39 is 5.97 Å². The van der Waals surface area contributed by atoms with Gasteiger partial charge in [-0.25, -0.2) is 4.79 Å². The largest absolute Gasteiger partial charge is 0.478 e. The van der Waals surface area contributed by atoms with Gasteiger partial charge < -0.3 is 15.1 Å². The van der Waals surface area contributed by atoms with E-state index in [0.29, 0.717) is 0 Å². The Hall–Kier alpha value is -1.55. The molecule has 1 saturated carbocycles. The van der Waals surface area contributed by atoms with Gasteiger partial charge in [-0.3, -0.25) is 0 Å². The van der Waals surface area contributed by atoms with Crippen LogP contribution in [0.25, 0.3) is 0 Å². The van der Waals surface area contributed by atoms with Crippen LogP contribution in [0, 0.1) is 0 Å². The van der Waals surface area contributed by atoms with Crippen LogP contribution in [0.2, 0.25) is 0 Å². The maximum atomic E-state index is 10.8. The Balaban J connectivity index is 2.12. The molecule has 2 atom stereocenters. The highest BCUT2D eigenvalue weighted by molar-refractivity contribution is 5.88. The van der Waals surface area contributed by atoms with E-state index >= 15 is 0 Å². The lowest BCUT2D eigenvalue weighted by Gasteiger charge is -2.36. The Morgan fingerprint density at radius 3 is 2.39 bits per heavy atom. The summed E-state index contributed by atoms with van der Waals surface area (Å²) in [6.45, 7) is 0. The van der Waals surface area contributed by atoms with Crippen molar-refractivity contribution in [2.24, 2.45) is 0 Å². The van der Waals surface area contributed by atoms with E-state index in [9.17, 15) is 9.90 Å². The summed E-state index contributed by atoms with van der Waals surface area (Å²) in [6.07, 6.45) is 3.77. The van der Waals surface area contributed by atoms with Gasteiger partial charge in [-0.15, -0.1) is 0 Å². The van der Waals surface area contributed by atoms with Gasteiger partial charge in [0.05, 0.1) is 17.7 Å². The Labute approximate surface area is 107 Å². The maximum absolute atomic E-state index is 10.8. The number of aromatic carboxylic acids is 1. The van der Waals surface area contributed by atoms with E-state index in [4.69, 9.17) is 5.11 Å². The first-order valence-electron chi connectivity index (χ1n) is 6.34. The van der Waals surface area contributed by atoms with E-state index in [0.717, 1.165) is 31.4 Å². The number of carboxylic acids is 1. The molecule has 0 bridgehead atoms. The Bertz CT molecular complexity index is 416. The minimum Gasteiger partial charge on any atom is -0.478 e. The molecule has 4 heteroatoms. The Morgan fingerprint density at radius 1 is 1.22 bits per heavy atom. The van der Waals surface area contributed by atoms with Gasteiger partial charge in [-0.1, -0.05) is 12.8 Å². The van der Waals surface area contributed by atoms with Gasteiger partial charge in [0.15, 0.2) is 0 Å². The second-order valence-corrected chi connectivity index (χ2v) is 4.88. The number of benzene rings is 1. The first-order chi connectivity index (χ1) is 8.59. The number of nitrogens with zero attached hydrogens (tertiary/aromatic N) is 1. The standard InChI is InChI=1S/C14H19NO3/c1-15(12-4-2-3-5-13(12)16)11-8-6-10(7-9-11)14(17)18/h6-9,12-13,16H,2-5H2,1H3,(H,17,18). The molecule has 1 aromatic carbocycles. The highest BCUT2D eigenvalue weighted by Gasteiger charge is 2.26. The first-order valence-corrected chi connectivity index (χ1v) is 6.34. The van der Waals surface area contributed by atoms with Crippen LogP contribution in [0.5, 0.6) is 0 Å². The summed E-state index contributed by atoms with van der Waals surface area (Å²) >= 11 is 0. The van der Waals surface area contributed by atoms with Crippen molar-refractivity contribution in [3.05, 3.63) is 29.8 Å². The molecule has 0 spiro atoms. The van der Waals surface area contributed by atoms with E-state index in [1.807, 2.05) is 7.05 Å². The fraction of sp³-hybridized carbons (Fsp3) is 0.500. The minimum atomic E-state index is -0.915. The highest BCUT2D eigenvalue weighted by Crippen LogP contribution is 2.26. The van der Waals surface area contributed by atoms with Crippen LogP contribution < -0.4 is 4.90 Å². The Morgan fingerprint density at radius 2 is 1.83 bits per heavy atom. The first kappa shape index (κ1) is 12.9. The molecule has 2 unspecified atom stereocenters. The van der Waals surface area contributed by atoms with Crippen LogP contribution in [0.15, 0.2) is 24.3 Å². The molecule has 0 radical (unpaired) electrons. The zero-order valence-electron chi connectivity index (χ0n) is 10.5. The van der Waals surface area contributed by atoms with Crippen LogP contribution >= 0.6 is 0 Å². The summed E-state index contributed by atoms with van der Waals surface area (Å²) in [5.74, 6) is -0.915. The van der Waals surface area contributed by atoms with Crippen LogP contribution in [-0.2, 0) is 0 Å². The van der Waals surface area contributed by atoms with Crippen molar-refractivity contribution in [1.82, 2.24) is 0 Å². The number of hydrogen-bond donors (Lipinski definition) is 2. The van der Waals surface area contributed by atoms with Gasteiger partial charge in [-0.05, 0) is 37.1 Å². The molecule has 0 aliphatic heterocycles. The average molecular weight is 249 g/mol. The molecule has 2 rings (SSSR count). The maximum Gasteiger partial charge on any atom is 0.335 e. The number of anilines is 1. The zero-order valence-corrected chi connectivity index (χ0v) is 10.5. The summed E-state index contributed by atoms with van der Waals surface area (Å²) in [7, 11) is 1.95. The molecule has 2 N–H and O–H groups in total.